The third-order valence-corrected chi connectivity index (χ3v) is 4.63. The van der Waals surface area contributed by atoms with E-state index in [4.69, 9.17) is 4.74 Å². The molecule has 1 N–H and O–H groups in total. The molecule has 1 unspecified atom stereocenters. The molecule has 0 spiro atoms. The van der Waals surface area contributed by atoms with E-state index in [0.717, 1.165) is 23.2 Å². The fourth-order valence-corrected chi connectivity index (χ4v) is 3.54. The molecule has 120 valence electrons. The highest BCUT2D eigenvalue weighted by molar-refractivity contribution is 9.10. The average Bonchev–Trinajstić information content (AvgIpc) is 2.49. The third-order valence-electron chi connectivity index (χ3n) is 3.95. The summed E-state index contributed by atoms with van der Waals surface area (Å²) >= 11 is 3.73. The van der Waals surface area contributed by atoms with Crippen molar-refractivity contribution in [1.29, 1.82) is 0 Å². The molecule has 1 aromatic rings. The minimum atomic E-state index is 0.421. The fourth-order valence-electron chi connectivity index (χ4n) is 2.94. The molecule has 0 aliphatic rings. The van der Waals surface area contributed by atoms with Crippen LogP contribution in [0.5, 0.6) is 5.75 Å². The maximum atomic E-state index is 5.32. The molecule has 1 atom stereocenters. The van der Waals surface area contributed by atoms with Gasteiger partial charge >= 0.3 is 0 Å². The predicted octanol–water partition coefficient (Wildman–Crippen LogP) is 5.71. The summed E-state index contributed by atoms with van der Waals surface area (Å²) in [5.41, 5.74) is 1.36. The van der Waals surface area contributed by atoms with Gasteiger partial charge in [0, 0.05) is 10.5 Å². The average molecular weight is 356 g/mol. The Morgan fingerprint density at radius 1 is 1.10 bits per heavy atom. The van der Waals surface area contributed by atoms with Gasteiger partial charge in [-0.05, 0) is 49.4 Å². The van der Waals surface area contributed by atoms with Gasteiger partial charge in [-0.1, -0.05) is 55.6 Å². The van der Waals surface area contributed by atoms with E-state index >= 15 is 0 Å². The molecular formula is C18H30BrNO. The molecule has 3 heteroatoms. The first kappa shape index (κ1) is 18.5. The van der Waals surface area contributed by atoms with Crippen LogP contribution in [0.4, 0.5) is 0 Å². The van der Waals surface area contributed by atoms with Gasteiger partial charge < -0.3 is 10.1 Å². The highest BCUT2D eigenvalue weighted by Gasteiger charge is 2.23. The number of hydrogen-bond donors (Lipinski definition) is 1. The van der Waals surface area contributed by atoms with Crippen LogP contribution in [0.15, 0.2) is 22.7 Å². The van der Waals surface area contributed by atoms with Crippen molar-refractivity contribution in [2.45, 2.75) is 58.9 Å². The predicted molar refractivity (Wildman–Crippen MR) is 95.0 cm³/mol. The Labute approximate surface area is 138 Å². The zero-order valence-corrected chi connectivity index (χ0v) is 15.5. The van der Waals surface area contributed by atoms with E-state index in [1.807, 2.05) is 0 Å². The molecule has 1 rings (SSSR count). The van der Waals surface area contributed by atoms with Crippen LogP contribution in [0.3, 0.4) is 0 Å². The lowest BCUT2D eigenvalue weighted by molar-refractivity contribution is 0.315. The SMILES string of the molecule is CCCNC(c1ccc(OC)cc1Br)C(CCC)CCC. The Balaban J connectivity index is 3.04. The second-order valence-corrected chi connectivity index (χ2v) is 6.51. The van der Waals surface area contributed by atoms with Gasteiger partial charge in [-0.2, -0.15) is 0 Å². The molecule has 0 saturated heterocycles. The van der Waals surface area contributed by atoms with Crippen molar-refractivity contribution >= 4 is 15.9 Å². The van der Waals surface area contributed by atoms with Crippen molar-refractivity contribution in [3.63, 3.8) is 0 Å². The Bertz CT molecular complexity index is 402. The quantitative estimate of drug-likeness (QED) is 0.579. The number of ether oxygens (including phenoxy) is 1. The number of halogens is 1. The van der Waals surface area contributed by atoms with Crippen LogP contribution < -0.4 is 10.1 Å². The van der Waals surface area contributed by atoms with E-state index in [2.05, 4.69) is 60.2 Å². The Morgan fingerprint density at radius 2 is 1.76 bits per heavy atom. The second kappa shape index (κ2) is 10.2. The van der Waals surface area contributed by atoms with Crippen molar-refractivity contribution in [2.75, 3.05) is 13.7 Å². The van der Waals surface area contributed by atoms with Gasteiger partial charge in [0.05, 0.1) is 7.11 Å². The van der Waals surface area contributed by atoms with Crippen molar-refractivity contribution in [1.82, 2.24) is 5.32 Å². The summed E-state index contributed by atoms with van der Waals surface area (Å²) in [7, 11) is 1.71. The molecule has 0 heterocycles. The molecule has 0 bridgehead atoms. The summed E-state index contributed by atoms with van der Waals surface area (Å²) in [6.07, 6.45) is 6.18. The van der Waals surface area contributed by atoms with Gasteiger partial charge in [0.15, 0.2) is 0 Å². The molecule has 0 aliphatic carbocycles. The first-order valence-corrected chi connectivity index (χ1v) is 9.03. The van der Waals surface area contributed by atoms with Crippen LogP contribution in [0.2, 0.25) is 0 Å². The van der Waals surface area contributed by atoms with E-state index in [1.165, 1.54) is 31.2 Å². The standard InChI is InChI=1S/C18H30BrNO/c1-5-8-14(9-6-2)18(20-12-7-3)16-11-10-15(21-4)13-17(16)19/h10-11,13-14,18,20H,5-9,12H2,1-4H3. The second-order valence-electron chi connectivity index (χ2n) is 5.66. The van der Waals surface area contributed by atoms with Crippen molar-refractivity contribution in [3.8, 4) is 5.75 Å². The van der Waals surface area contributed by atoms with Gasteiger partial charge in [-0.15, -0.1) is 0 Å². The van der Waals surface area contributed by atoms with Gasteiger partial charge in [0.1, 0.15) is 5.75 Å². The summed E-state index contributed by atoms with van der Waals surface area (Å²) in [4.78, 5) is 0. The molecule has 0 aliphatic heterocycles. The number of hydrogen-bond acceptors (Lipinski definition) is 2. The van der Waals surface area contributed by atoms with E-state index in [-0.39, 0.29) is 0 Å². The number of nitrogens with one attached hydrogen (secondary N) is 1. The fraction of sp³-hybridized carbons (Fsp3) is 0.667. The maximum absolute atomic E-state index is 5.32. The number of benzene rings is 1. The summed E-state index contributed by atoms with van der Waals surface area (Å²) in [6, 6.07) is 6.76. The van der Waals surface area contributed by atoms with Crippen molar-refractivity contribution in [3.05, 3.63) is 28.2 Å². The van der Waals surface area contributed by atoms with Crippen molar-refractivity contribution < 1.29 is 4.74 Å². The molecule has 21 heavy (non-hydrogen) atoms. The molecule has 0 aromatic heterocycles. The van der Waals surface area contributed by atoms with Gasteiger partial charge in [0.2, 0.25) is 0 Å². The highest BCUT2D eigenvalue weighted by Crippen LogP contribution is 2.35. The van der Waals surface area contributed by atoms with Crippen LogP contribution in [-0.2, 0) is 0 Å². The molecule has 0 amide bonds. The van der Waals surface area contributed by atoms with Crippen LogP contribution >= 0.6 is 15.9 Å². The molecular weight excluding hydrogens is 326 g/mol. The zero-order valence-electron chi connectivity index (χ0n) is 13.9. The first-order valence-electron chi connectivity index (χ1n) is 8.24. The van der Waals surface area contributed by atoms with Gasteiger partial charge in [-0.3, -0.25) is 0 Å². The summed E-state index contributed by atoms with van der Waals surface area (Å²) < 4.78 is 6.46. The zero-order chi connectivity index (χ0) is 15.7. The molecule has 0 saturated carbocycles. The molecule has 0 fully saturated rings. The Morgan fingerprint density at radius 3 is 2.24 bits per heavy atom. The molecule has 2 nitrogen and oxygen atoms in total. The van der Waals surface area contributed by atoms with Crippen LogP contribution in [0, 0.1) is 5.92 Å². The van der Waals surface area contributed by atoms with Crippen LogP contribution in [-0.4, -0.2) is 13.7 Å². The van der Waals surface area contributed by atoms with E-state index in [1.54, 1.807) is 7.11 Å². The maximum Gasteiger partial charge on any atom is 0.120 e. The highest BCUT2D eigenvalue weighted by atomic mass is 79.9. The molecule has 0 radical (unpaired) electrons. The lowest BCUT2D eigenvalue weighted by atomic mass is 9.86. The Kier molecular flexibility index (Phi) is 9.02. The number of methoxy groups -OCH3 is 1. The van der Waals surface area contributed by atoms with E-state index in [9.17, 15) is 0 Å². The summed E-state index contributed by atoms with van der Waals surface area (Å²) in [5.74, 6) is 1.60. The number of rotatable bonds is 10. The lowest BCUT2D eigenvalue weighted by Crippen LogP contribution is -2.29. The lowest BCUT2D eigenvalue weighted by Gasteiger charge is -2.29. The van der Waals surface area contributed by atoms with E-state index in [0.29, 0.717) is 12.0 Å². The normalized spacial score (nSPS) is 12.7. The van der Waals surface area contributed by atoms with E-state index < -0.39 is 0 Å². The third kappa shape index (κ3) is 5.63. The largest absolute Gasteiger partial charge is 0.497 e. The monoisotopic (exact) mass is 355 g/mol. The Hall–Kier alpha value is -0.540. The molecule has 1 aromatic carbocycles. The smallest absolute Gasteiger partial charge is 0.120 e. The van der Waals surface area contributed by atoms with Crippen LogP contribution in [0.1, 0.15) is 64.5 Å². The first-order chi connectivity index (χ1) is 10.2. The van der Waals surface area contributed by atoms with Crippen LogP contribution in [0.25, 0.3) is 0 Å². The topological polar surface area (TPSA) is 21.3 Å². The summed E-state index contributed by atoms with van der Waals surface area (Å²) in [6.45, 7) is 7.85. The minimum absolute atomic E-state index is 0.421. The summed E-state index contributed by atoms with van der Waals surface area (Å²) in [5, 5.41) is 3.76. The van der Waals surface area contributed by atoms with Crippen molar-refractivity contribution in [2.24, 2.45) is 5.92 Å². The van der Waals surface area contributed by atoms with Gasteiger partial charge in [-0.25, -0.2) is 0 Å². The minimum Gasteiger partial charge on any atom is -0.497 e. The van der Waals surface area contributed by atoms with Gasteiger partial charge in [0.25, 0.3) is 0 Å².